The Morgan fingerprint density at radius 3 is 1.24 bits per heavy atom. The van der Waals surface area contributed by atoms with E-state index in [0.717, 1.165) is 12.5 Å². The van der Waals surface area contributed by atoms with Crippen molar-refractivity contribution >= 4 is 150 Å². The van der Waals surface area contributed by atoms with Crippen LogP contribution in [0.2, 0.25) is 0 Å². The van der Waals surface area contributed by atoms with Crippen molar-refractivity contribution in [3.8, 4) is 0 Å². The molecule has 1 rings (SSSR count). The average molecular weight is 1620 g/mol. The first-order chi connectivity index (χ1) is 51.6. The van der Waals surface area contributed by atoms with Gasteiger partial charge in [0, 0.05) is 43.2 Å². The number of aliphatic carboxylic acids is 4. The van der Waals surface area contributed by atoms with E-state index in [4.69, 9.17) is 33.8 Å². The van der Waals surface area contributed by atoms with Crippen molar-refractivity contribution in [2.45, 2.75) is 190 Å². The van der Waals surface area contributed by atoms with Crippen LogP contribution in [0.3, 0.4) is 0 Å². The highest BCUT2D eigenvalue weighted by Crippen LogP contribution is 2.13. The van der Waals surface area contributed by atoms with Gasteiger partial charge in [0.05, 0.1) is 31.7 Å². The number of carbonyl (C=O) groups excluding carboxylic acids is 13. The number of aliphatic hydroxyl groups excluding tert-OH is 2. The topological polar surface area (TPSA) is 723 Å². The molecule has 616 valence electrons. The molecule has 13 amide bonds. The van der Waals surface area contributed by atoms with Gasteiger partial charge >= 0.3 is 23.9 Å². The van der Waals surface area contributed by atoms with Gasteiger partial charge in [-0.3, -0.25) is 86.7 Å². The van der Waals surface area contributed by atoms with Gasteiger partial charge in [0.15, 0.2) is 11.9 Å². The highest BCUT2D eigenvalue weighted by atomic mass is 32.1. The maximum absolute atomic E-state index is 14.2. The molecule has 0 aromatic heterocycles. The van der Waals surface area contributed by atoms with E-state index in [1.807, 2.05) is 10.6 Å². The maximum atomic E-state index is 14.2. The minimum absolute atomic E-state index is 0.0110. The first-order valence-corrected chi connectivity index (χ1v) is 36.3. The number of benzene rings is 1. The molecule has 0 radical (unpaired) electrons. The van der Waals surface area contributed by atoms with E-state index in [1.54, 1.807) is 44.2 Å². The van der Waals surface area contributed by atoms with Crippen LogP contribution in [0.4, 0.5) is 0 Å². The number of rotatable bonds is 53. The third-order valence-corrected chi connectivity index (χ3v) is 16.8. The Labute approximate surface area is 648 Å². The first-order valence-electron chi connectivity index (χ1n) is 34.4. The van der Waals surface area contributed by atoms with Gasteiger partial charge in [0.25, 0.3) is 0 Å². The summed E-state index contributed by atoms with van der Waals surface area (Å²) in [7, 11) is 0. The SMILES string of the molecule is CC(C)C[C@H](NC(=O)[C@H](CS)NC(=O)[C@@H](N)Cc1ccccc1)C(=O)N[C@@H](CCCN=C(N)N)C(=O)N[C@@H](CS)C(=O)N[C@H](C(=O)N[C@@H](CCCN=C(N)N)C(=O)N[C@@H](CS)C(=O)N[C@@H](CC(=O)O)C(=O)N[C@@H](CO)C(=O)NCC(=O)N[C@@H](CCC(=O)O)C(=O)N[C@H](C(=O)N[C@@H](CCC(=O)O)C(=O)O)C(C)C)[C@@H](C)O. The van der Waals surface area contributed by atoms with Crippen molar-refractivity contribution in [3.63, 3.8) is 0 Å². The second kappa shape index (κ2) is 51.1. The predicted octanol–water partition coefficient (Wildman–Crippen LogP) is -9.25. The van der Waals surface area contributed by atoms with Gasteiger partial charge in [-0.2, -0.15) is 37.9 Å². The van der Waals surface area contributed by atoms with E-state index in [9.17, 15) is 107 Å². The average Bonchev–Trinajstić information content (AvgIpc) is 0.858. The van der Waals surface area contributed by atoms with Crippen LogP contribution >= 0.6 is 37.9 Å². The van der Waals surface area contributed by atoms with Gasteiger partial charge in [0.1, 0.15) is 72.5 Å². The number of nitrogens with one attached hydrogen (secondary N) is 13. The van der Waals surface area contributed by atoms with E-state index in [0.29, 0.717) is 0 Å². The molecule has 1 aromatic rings. The van der Waals surface area contributed by atoms with Gasteiger partial charge in [-0.05, 0) is 75.7 Å². The molecule has 46 heteroatoms. The lowest BCUT2D eigenvalue weighted by atomic mass is 10.0. The van der Waals surface area contributed by atoms with Gasteiger partial charge in [-0.25, -0.2) is 4.79 Å². The molecule has 0 heterocycles. The molecular weight excluding hydrogens is 1510 g/mol. The number of hydrogen-bond acceptors (Lipinski definition) is 25. The largest absolute Gasteiger partial charge is 0.481 e. The Bertz CT molecular complexity index is 3390. The van der Waals surface area contributed by atoms with Gasteiger partial charge < -0.3 is 128 Å². The van der Waals surface area contributed by atoms with Crippen molar-refractivity contribution < 1.29 is 112 Å². The molecule has 0 saturated heterocycles. The second-order valence-electron chi connectivity index (χ2n) is 25.7. The van der Waals surface area contributed by atoms with Crippen LogP contribution in [0.5, 0.6) is 0 Å². The lowest BCUT2D eigenvalue weighted by molar-refractivity contribution is -0.144. The number of nitrogens with zero attached hydrogens (tertiary/aromatic N) is 2. The fraction of sp³-hybridized carbons (Fsp3) is 0.609. The summed E-state index contributed by atoms with van der Waals surface area (Å²) in [5, 5.41) is 88.5. The van der Waals surface area contributed by atoms with Crippen LogP contribution in [0.25, 0.3) is 0 Å². The minimum atomic E-state index is -2.12. The van der Waals surface area contributed by atoms with Crippen LogP contribution in [-0.2, 0) is 87.9 Å². The fourth-order valence-corrected chi connectivity index (χ4v) is 10.6. The van der Waals surface area contributed by atoms with Crippen LogP contribution in [0.15, 0.2) is 40.3 Å². The number of nitrogens with two attached hydrogens (primary N) is 5. The van der Waals surface area contributed by atoms with Gasteiger partial charge in [-0.1, -0.05) is 58.0 Å². The number of guanidine groups is 2. The summed E-state index contributed by atoms with van der Waals surface area (Å²) in [6, 6.07) is -12.5. The van der Waals surface area contributed by atoms with Gasteiger partial charge in [-0.15, -0.1) is 0 Å². The molecular formula is C64H104N20O23S3. The maximum Gasteiger partial charge on any atom is 0.326 e. The molecule has 110 heavy (non-hydrogen) atoms. The highest BCUT2D eigenvalue weighted by molar-refractivity contribution is 7.80. The second-order valence-corrected chi connectivity index (χ2v) is 26.8. The number of carboxylic acids is 4. The summed E-state index contributed by atoms with van der Waals surface area (Å²) >= 11 is 12.6. The van der Waals surface area contributed by atoms with Crippen molar-refractivity contribution in [1.29, 1.82) is 0 Å². The number of thiol groups is 3. The van der Waals surface area contributed by atoms with Crippen molar-refractivity contribution in [1.82, 2.24) is 69.1 Å². The van der Waals surface area contributed by atoms with Crippen molar-refractivity contribution in [2.24, 2.45) is 50.5 Å². The molecule has 29 N–H and O–H groups in total. The molecule has 14 atom stereocenters. The summed E-state index contributed by atoms with van der Waals surface area (Å²) in [6.07, 6.45) is -5.99. The van der Waals surface area contributed by atoms with E-state index < -0.39 is 248 Å². The first kappa shape index (κ1) is 97.7. The quantitative estimate of drug-likeness (QED) is 0.0125. The molecule has 0 bridgehead atoms. The van der Waals surface area contributed by atoms with E-state index in [1.165, 1.54) is 13.8 Å². The number of aliphatic hydroxyl groups is 2. The minimum Gasteiger partial charge on any atom is -0.481 e. The van der Waals surface area contributed by atoms with Crippen molar-refractivity contribution in [2.75, 3.05) is 43.5 Å². The number of amides is 13. The Morgan fingerprint density at radius 2 is 0.800 bits per heavy atom. The number of hydrogen-bond donors (Lipinski definition) is 27. The molecule has 0 aliphatic heterocycles. The molecule has 43 nitrogen and oxygen atoms in total. The normalized spacial score (nSPS) is 14.8. The van der Waals surface area contributed by atoms with Crippen LogP contribution in [0.1, 0.15) is 104 Å². The lowest BCUT2D eigenvalue weighted by Gasteiger charge is -2.28. The zero-order valence-electron chi connectivity index (χ0n) is 61.1. The number of carboxylic acid groups (broad SMARTS) is 4. The lowest BCUT2D eigenvalue weighted by Crippen LogP contribution is -2.62. The zero-order chi connectivity index (χ0) is 83.7. The van der Waals surface area contributed by atoms with E-state index in [-0.39, 0.29) is 75.2 Å². The van der Waals surface area contributed by atoms with E-state index in [2.05, 4.69) is 106 Å². The molecule has 1 aromatic carbocycles. The van der Waals surface area contributed by atoms with Crippen LogP contribution in [-0.4, -0.2) is 271 Å². The third-order valence-electron chi connectivity index (χ3n) is 15.7. The Balaban J connectivity index is 3.42. The zero-order valence-corrected chi connectivity index (χ0v) is 63.8. The molecule has 0 saturated carbocycles. The van der Waals surface area contributed by atoms with Crippen LogP contribution in [0, 0.1) is 11.8 Å². The number of aliphatic imine (C=N–C) groups is 2. The van der Waals surface area contributed by atoms with Crippen LogP contribution < -0.4 is 97.8 Å². The Hall–Kier alpha value is -10.3. The highest BCUT2D eigenvalue weighted by Gasteiger charge is 2.38. The Morgan fingerprint density at radius 1 is 0.427 bits per heavy atom. The van der Waals surface area contributed by atoms with Crippen molar-refractivity contribution in [3.05, 3.63) is 35.9 Å². The summed E-state index contributed by atoms with van der Waals surface area (Å²) in [4.78, 5) is 232. The molecule has 0 fully saturated rings. The summed E-state index contributed by atoms with van der Waals surface area (Å²) in [5.74, 6) is -23.6. The standard InChI is InChI=1S/C64H104N20O23S3/c1-29(2)21-38(77-57(101)41(26-108)80-50(94)33(65)22-32-11-7-6-8-12-32)55(99)74-34(13-9-19-70-63(66)67)52(96)82-43(28-110)59(103)84-49(31(5)86)61(105)75-35(14-10-20-71-64(68)69)53(97)81-42(27-109)58(102)78-39(23-47(92)93)56(100)79-40(25-85)51(95)72-24-44(87)73-36(15-17-45(88)89)54(98)83-48(30(3)4)60(104)76-37(62(106)107)16-18-46(90)91/h6-8,11-12,29-31,33-43,48-49,85-86,108-110H,9-10,13-28,65H2,1-5H3,(H,72,95)(H,73,87)(H,74,99)(H,75,105)(H,76,104)(H,77,101)(H,78,102)(H,79,100)(H,80,94)(H,81,97)(H,82,96)(H,83,98)(H,84,103)(H,88,89)(H,90,91)(H,92,93)(H,106,107)(H4,66,67,70)(H4,68,69,71)/t31-,33+,34+,35+,36+,37+,38+,39+,40+,41+,42+,43+,48+,49+/m1/s1. The number of carbonyl (C=O) groups is 17. The fourth-order valence-electron chi connectivity index (χ4n) is 9.85. The monoisotopic (exact) mass is 1620 g/mol. The molecule has 0 aliphatic carbocycles. The molecule has 0 aliphatic rings. The smallest absolute Gasteiger partial charge is 0.326 e. The molecule has 0 unspecified atom stereocenters. The third kappa shape index (κ3) is 38.2. The Kier molecular flexibility index (Phi) is 45.4. The van der Waals surface area contributed by atoms with Gasteiger partial charge in [0.2, 0.25) is 76.8 Å². The summed E-state index contributed by atoms with van der Waals surface area (Å²) in [6.45, 7) is 4.90. The summed E-state index contributed by atoms with van der Waals surface area (Å²) < 4.78 is 0. The van der Waals surface area contributed by atoms with E-state index >= 15 is 0 Å². The predicted molar refractivity (Wildman–Crippen MR) is 402 cm³/mol. The summed E-state index contributed by atoms with van der Waals surface area (Å²) in [5.41, 5.74) is 28.8. The molecule has 0 spiro atoms.